The molecule has 0 aliphatic heterocycles. The molecule has 0 unspecified atom stereocenters. The minimum absolute atomic E-state index is 0. The molecule has 0 aliphatic rings. The molecular weight excluding hydrogens is 728 g/mol. The Hall–Kier alpha value is -8.19. The third kappa shape index (κ3) is 19.7. The van der Waals surface area contributed by atoms with Crippen molar-refractivity contribution in [2.45, 2.75) is 35.6 Å². The van der Waals surface area contributed by atoms with Crippen molar-refractivity contribution in [1.82, 2.24) is 18.9 Å². The maximum atomic E-state index is 10.6. The van der Waals surface area contributed by atoms with Gasteiger partial charge in [-0.1, -0.05) is 14.9 Å². The van der Waals surface area contributed by atoms with Crippen LogP contribution in [0.25, 0.3) is 0 Å². The molecule has 0 atom stereocenters. The summed E-state index contributed by atoms with van der Waals surface area (Å²) in [6.45, 7) is 3.57. The molecule has 4 heterocycles. The Bertz CT molecular complexity index is 2110. The van der Waals surface area contributed by atoms with Gasteiger partial charge in [0.2, 0.25) is 5.91 Å². The van der Waals surface area contributed by atoms with E-state index >= 15 is 0 Å². The van der Waals surface area contributed by atoms with Crippen molar-refractivity contribution in [2.75, 3.05) is 5.73 Å². The van der Waals surface area contributed by atoms with Crippen molar-refractivity contribution in [2.24, 2.45) is 4.99 Å². The number of esters is 2. The molecule has 26 nitrogen and oxygen atoms in total. The van der Waals surface area contributed by atoms with E-state index in [4.69, 9.17) is 42.8 Å². The number of hydrogen-bond acceptors (Lipinski definition) is 18. The van der Waals surface area contributed by atoms with Crippen LogP contribution in [0.4, 0.5) is 22.7 Å². The van der Waals surface area contributed by atoms with Crippen molar-refractivity contribution in [3.8, 4) is 0 Å². The zero-order valence-electron chi connectivity index (χ0n) is 27.0. The number of nitrogens with zero attached hydrogens (tertiary/aromatic N) is 8. The Kier molecular flexibility index (Phi) is 22.3. The predicted octanol–water partition coefficient (Wildman–Crippen LogP) is 1.46. The molecule has 4 aromatic rings. The predicted molar refractivity (Wildman–Crippen MR) is 181 cm³/mol. The van der Waals surface area contributed by atoms with E-state index in [2.05, 4.69) is 9.73 Å². The van der Waals surface area contributed by atoms with E-state index in [1.165, 1.54) is 39.1 Å². The topological polar surface area (TPSA) is 400 Å². The van der Waals surface area contributed by atoms with Gasteiger partial charge in [-0.15, -0.1) is 0 Å². The summed E-state index contributed by atoms with van der Waals surface area (Å²) < 4.78 is 5.84. The minimum atomic E-state index is -0.662. The average molecular weight is 767 g/mol. The first-order valence-corrected chi connectivity index (χ1v) is 13.3. The molecule has 0 aliphatic carbocycles. The second kappa shape index (κ2) is 24.0. The Morgan fingerprint density at radius 1 is 0.611 bits per heavy atom. The first kappa shape index (κ1) is 50.2. The molecule has 4 aromatic heterocycles. The maximum absolute atomic E-state index is 10.6. The molecule has 26 heteroatoms. The van der Waals surface area contributed by atoms with Crippen LogP contribution in [0, 0.1) is 46.6 Å². The van der Waals surface area contributed by atoms with Crippen LogP contribution in [0.1, 0.15) is 35.6 Å². The third-order valence-corrected chi connectivity index (χ3v) is 4.86. The van der Waals surface area contributed by atoms with Crippen molar-refractivity contribution in [3.05, 3.63) is 126 Å². The zero-order valence-corrected chi connectivity index (χ0v) is 27.0. The molecule has 9 N–H and O–H groups in total. The summed E-state index contributed by atoms with van der Waals surface area (Å²) in [5.74, 6) is -1.62. The second-order valence-electron chi connectivity index (χ2n) is 9.00. The van der Waals surface area contributed by atoms with E-state index in [-0.39, 0.29) is 53.9 Å². The molecule has 54 heavy (non-hydrogen) atoms. The first-order valence-electron chi connectivity index (χ1n) is 13.3. The standard InChI is InChI=1S/C7H7N3O4.2C5H5N3O3.C5H7N3O.C4H6O3.2CH4/c1-5(11)8-7-3-2-6(10(13)14)4-9(7)12;2*6-5-2-1-4(8(10)11)3-7(5)9;6-4-1-2-5(7)8(9)3-4;1-3(5)7-4(2)6;;/h2-4,12H,1H3;2*1-3,6,9H;1-3,7,9H,6H2;1-2H3;2*1H4. The summed E-state index contributed by atoms with van der Waals surface area (Å²) in [7, 11) is 0. The van der Waals surface area contributed by atoms with Crippen LogP contribution in [0.3, 0.4) is 0 Å². The average Bonchev–Trinajstić information content (AvgIpc) is 3.03. The molecule has 0 saturated heterocycles. The highest BCUT2D eigenvalue weighted by molar-refractivity contribution is 5.82. The third-order valence-electron chi connectivity index (χ3n) is 4.86. The molecule has 0 bridgehead atoms. The normalized spacial score (nSPS) is 9.35. The number of nitrogen functional groups attached to an aromatic ring is 1. The van der Waals surface area contributed by atoms with Crippen molar-refractivity contribution < 1.29 is 54.7 Å². The number of ether oxygens (including phenoxy) is 1. The Morgan fingerprint density at radius 2 is 0.926 bits per heavy atom. The molecule has 0 saturated carbocycles. The van der Waals surface area contributed by atoms with Gasteiger partial charge < -0.3 is 31.3 Å². The Labute approximate surface area is 302 Å². The summed E-state index contributed by atoms with van der Waals surface area (Å²) in [6.07, 6.45) is 3.86. The number of pyridine rings is 4. The molecule has 0 spiro atoms. The number of nitrogens with two attached hydrogens (primary N) is 1. The van der Waals surface area contributed by atoms with Gasteiger partial charge in [-0.3, -0.25) is 61.0 Å². The van der Waals surface area contributed by atoms with E-state index in [1.54, 1.807) is 6.07 Å². The lowest BCUT2D eigenvalue weighted by molar-refractivity contribution is -0.385. The molecule has 1 amide bonds. The number of carbonyl (C=O) groups excluding carboxylic acids is 3. The second-order valence-corrected chi connectivity index (χ2v) is 9.00. The molecule has 294 valence electrons. The highest BCUT2D eigenvalue weighted by atomic mass is 16.6. The SMILES string of the molecule is C.C.CC(=O)N=c1ccc([N+](=O)[O-])cn1O.CC(=O)OC(C)=O.N=c1ccc(N)cn1O.N=c1ccc([N+](=O)[O-])cn1O.N=c1ccc([N+](=O)[O-])cn1O. The van der Waals surface area contributed by atoms with Crippen molar-refractivity contribution in [3.63, 3.8) is 0 Å². The highest BCUT2D eigenvalue weighted by Crippen LogP contribution is 2.06. The number of aromatic nitrogens is 4. The van der Waals surface area contributed by atoms with Crippen LogP contribution in [0.2, 0.25) is 0 Å². The summed E-state index contributed by atoms with van der Waals surface area (Å²) in [5, 5.41) is 86.8. The lowest BCUT2D eigenvalue weighted by atomic mass is 10.4. The van der Waals surface area contributed by atoms with Gasteiger partial charge in [0.1, 0.15) is 18.6 Å². The molecule has 0 aromatic carbocycles. The van der Waals surface area contributed by atoms with Gasteiger partial charge in [-0.05, 0) is 30.3 Å². The first-order chi connectivity index (χ1) is 24.0. The lowest BCUT2D eigenvalue weighted by Crippen LogP contribution is -2.19. The fourth-order valence-corrected chi connectivity index (χ4v) is 2.71. The number of rotatable bonds is 3. The van der Waals surface area contributed by atoms with Gasteiger partial charge in [-0.25, -0.2) is 0 Å². The number of amides is 1. The largest absolute Gasteiger partial charge is 0.427 e. The summed E-state index contributed by atoms with van der Waals surface area (Å²) >= 11 is 0. The van der Waals surface area contributed by atoms with E-state index in [0.29, 0.717) is 24.6 Å². The molecular formula is C28H38N12O14. The molecule has 0 fully saturated rings. The van der Waals surface area contributed by atoms with Crippen LogP contribution in [-0.4, -0.2) is 72.4 Å². The summed E-state index contributed by atoms with van der Waals surface area (Å²) in [4.78, 5) is 62.1. The fraction of sp³-hybridized carbons (Fsp3) is 0.179. The quantitative estimate of drug-likeness (QED) is 0.0481. The van der Waals surface area contributed by atoms with Crippen LogP contribution in [0.15, 0.2) is 78.3 Å². The van der Waals surface area contributed by atoms with Crippen molar-refractivity contribution in [1.29, 1.82) is 16.2 Å². The number of hydrogen-bond donors (Lipinski definition) is 8. The van der Waals surface area contributed by atoms with Crippen LogP contribution < -0.4 is 27.7 Å². The fourth-order valence-electron chi connectivity index (χ4n) is 2.71. The number of carbonyl (C=O) groups is 3. The van der Waals surface area contributed by atoms with E-state index in [9.17, 15) is 44.7 Å². The zero-order chi connectivity index (χ0) is 40.3. The van der Waals surface area contributed by atoms with Gasteiger partial charge in [0.05, 0.1) is 26.7 Å². The van der Waals surface area contributed by atoms with Gasteiger partial charge in [0.15, 0.2) is 22.0 Å². The Balaban J connectivity index is -0.000000607. The minimum Gasteiger partial charge on any atom is -0.427 e. The van der Waals surface area contributed by atoms with Gasteiger partial charge in [0, 0.05) is 39.0 Å². The smallest absolute Gasteiger partial charge is 0.310 e. The van der Waals surface area contributed by atoms with E-state index in [0.717, 1.165) is 48.9 Å². The molecule has 4 rings (SSSR count). The van der Waals surface area contributed by atoms with Gasteiger partial charge in [-0.2, -0.15) is 23.9 Å². The van der Waals surface area contributed by atoms with Crippen LogP contribution in [0.5, 0.6) is 0 Å². The van der Waals surface area contributed by atoms with Crippen molar-refractivity contribution >= 4 is 40.6 Å². The monoisotopic (exact) mass is 766 g/mol. The lowest BCUT2D eigenvalue weighted by Gasteiger charge is -1.96. The van der Waals surface area contributed by atoms with Crippen LogP contribution >= 0.6 is 0 Å². The number of nitro groups is 3. The summed E-state index contributed by atoms with van der Waals surface area (Å²) in [5.41, 5.74) is 4.49. The van der Waals surface area contributed by atoms with Gasteiger partial charge in [0.25, 0.3) is 17.1 Å². The van der Waals surface area contributed by atoms with Crippen LogP contribution in [-0.2, 0) is 19.1 Å². The summed E-state index contributed by atoms with van der Waals surface area (Å²) in [6, 6.07) is 9.86. The van der Waals surface area contributed by atoms with Gasteiger partial charge >= 0.3 is 11.9 Å². The highest BCUT2D eigenvalue weighted by Gasteiger charge is 2.07. The maximum Gasteiger partial charge on any atom is 0.310 e. The number of anilines is 1. The number of nitrogens with one attached hydrogen (secondary N) is 3. The molecule has 0 radical (unpaired) electrons. The van der Waals surface area contributed by atoms with E-state index in [1.807, 2.05) is 0 Å². The Morgan fingerprint density at radius 3 is 1.17 bits per heavy atom. The van der Waals surface area contributed by atoms with E-state index < -0.39 is 32.6 Å².